The molecule has 0 aromatic rings. The average molecular weight is 294 g/mol. The first-order valence-electron chi connectivity index (χ1n) is 7.86. The van der Waals surface area contributed by atoms with Crippen molar-refractivity contribution < 1.29 is 9.53 Å². The van der Waals surface area contributed by atoms with E-state index < -0.39 is 5.60 Å². The first-order chi connectivity index (χ1) is 9.84. The highest BCUT2D eigenvalue weighted by Gasteiger charge is 2.39. The molecule has 0 radical (unpaired) electrons. The third-order valence-corrected chi connectivity index (χ3v) is 4.71. The Balaban J connectivity index is 1.83. The van der Waals surface area contributed by atoms with Gasteiger partial charge in [-0.25, -0.2) is 4.79 Å². The van der Waals surface area contributed by atoms with E-state index in [9.17, 15) is 4.79 Å². The first kappa shape index (κ1) is 16.0. The van der Waals surface area contributed by atoms with Crippen LogP contribution < -0.4 is 0 Å². The third kappa shape index (κ3) is 4.27. The van der Waals surface area contributed by atoms with E-state index in [1.165, 1.54) is 0 Å². The molecule has 0 aromatic heterocycles. The number of ether oxygens (including phenoxy) is 1. The number of azide groups is 1. The molecular weight excluding hydrogens is 268 g/mol. The predicted molar refractivity (Wildman–Crippen MR) is 80.9 cm³/mol. The zero-order valence-electron chi connectivity index (χ0n) is 13.3. The van der Waals surface area contributed by atoms with Crippen LogP contribution in [0.4, 0.5) is 4.79 Å². The highest BCUT2D eigenvalue weighted by molar-refractivity contribution is 5.68. The van der Waals surface area contributed by atoms with E-state index >= 15 is 0 Å². The number of hydrogen-bond donors (Lipinski definition) is 0. The van der Waals surface area contributed by atoms with Gasteiger partial charge in [-0.3, -0.25) is 0 Å². The summed E-state index contributed by atoms with van der Waals surface area (Å²) in [5.41, 5.74) is 8.43. The number of carbonyl (C=O) groups excluding carboxylic acids is 1. The molecule has 1 saturated heterocycles. The van der Waals surface area contributed by atoms with Gasteiger partial charge in [0.2, 0.25) is 0 Å². The Labute approximate surface area is 126 Å². The van der Waals surface area contributed by atoms with E-state index in [-0.39, 0.29) is 12.1 Å². The Hall–Kier alpha value is -1.42. The molecule has 1 saturated carbocycles. The highest BCUT2D eigenvalue weighted by atomic mass is 16.6. The molecule has 2 fully saturated rings. The maximum Gasteiger partial charge on any atom is 0.410 e. The molecule has 0 bridgehead atoms. The van der Waals surface area contributed by atoms with Gasteiger partial charge in [0.1, 0.15) is 5.60 Å². The lowest BCUT2D eigenvalue weighted by molar-refractivity contribution is 0.00361. The van der Waals surface area contributed by atoms with Gasteiger partial charge in [-0.2, -0.15) is 0 Å². The lowest BCUT2D eigenvalue weighted by Crippen LogP contribution is -2.46. The van der Waals surface area contributed by atoms with E-state index in [0.29, 0.717) is 5.41 Å². The largest absolute Gasteiger partial charge is 0.444 e. The summed E-state index contributed by atoms with van der Waals surface area (Å²) in [5, 5.41) is 3.84. The Kier molecular flexibility index (Phi) is 4.67. The van der Waals surface area contributed by atoms with Crippen LogP contribution in [0.3, 0.4) is 0 Å². The molecular formula is C15H26N4O2. The standard InChI is InChI=1S/C15H26N4O2/c1-14(2,3)21-13(20)19-10-8-15(9-11-19)6-4-12(5-7-15)17-18-16/h12H,4-11H2,1-3H3. The van der Waals surface area contributed by atoms with Crippen molar-refractivity contribution in [1.82, 2.24) is 4.90 Å². The highest BCUT2D eigenvalue weighted by Crippen LogP contribution is 2.45. The van der Waals surface area contributed by atoms with Crippen molar-refractivity contribution in [3.05, 3.63) is 10.4 Å². The number of likely N-dealkylation sites (tertiary alicyclic amines) is 1. The Morgan fingerprint density at radius 2 is 1.81 bits per heavy atom. The number of hydrogen-bond acceptors (Lipinski definition) is 3. The molecule has 6 nitrogen and oxygen atoms in total. The van der Waals surface area contributed by atoms with E-state index in [0.717, 1.165) is 51.6 Å². The molecule has 1 spiro atoms. The number of piperidine rings is 1. The van der Waals surface area contributed by atoms with Crippen molar-refractivity contribution >= 4 is 6.09 Å². The van der Waals surface area contributed by atoms with Crippen LogP contribution in [0.2, 0.25) is 0 Å². The van der Waals surface area contributed by atoms with Gasteiger partial charge in [-0.1, -0.05) is 5.11 Å². The van der Waals surface area contributed by atoms with Crippen molar-refractivity contribution in [3.63, 3.8) is 0 Å². The van der Waals surface area contributed by atoms with Crippen molar-refractivity contribution in [2.75, 3.05) is 13.1 Å². The maximum atomic E-state index is 12.1. The summed E-state index contributed by atoms with van der Waals surface area (Å²) in [6, 6.07) is 0.171. The van der Waals surface area contributed by atoms with Crippen LogP contribution in [0, 0.1) is 5.41 Å². The number of carbonyl (C=O) groups is 1. The zero-order chi connectivity index (χ0) is 15.5. The molecule has 1 heterocycles. The Morgan fingerprint density at radius 3 is 2.29 bits per heavy atom. The summed E-state index contributed by atoms with van der Waals surface area (Å²) in [7, 11) is 0. The molecule has 0 atom stereocenters. The van der Waals surface area contributed by atoms with Crippen LogP contribution in [0.5, 0.6) is 0 Å². The molecule has 118 valence electrons. The van der Waals surface area contributed by atoms with Crippen LogP contribution >= 0.6 is 0 Å². The number of rotatable bonds is 1. The summed E-state index contributed by atoms with van der Waals surface area (Å²) < 4.78 is 5.43. The summed E-state index contributed by atoms with van der Waals surface area (Å²) in [6.45, 7) is 7.25. The van der Waals surface area contributed by atoms with Crippen molar-refractivity contribution in [1.29, 1.82) is 0 Å². The molecule has 0 unspecified atom stereocenters. The summed E-state index contributed by atoms with van der Waals surface area (Å²) in [5.74, 6) is 0. The fourth-order valence-corrected chi connectivity index (χ4v) is 3.39. The quantitative estimate of drug-likeness (QED) is 0.411. The molecule has 1 aliphatic heterocycles. The van der Waals surface area contributed by atoms with Gasteiger partial charge in [0.05, 0.1) is 0 Å². The van der Waals surface area contributed by atoms with Crippen LogP contribution in [0.15, 0.2) is 5.11 Å². The first-order valence-corrected chi connectivity index (χ1v) is 7.86. The number of nitrogens with zero attached hydrogens (tertiary/aromatic N) is 4. The molecule has 1 amide bonds. The summed E-state index contributed by atoms with van der Waals surface area (Å²) in [6.07, 6.45) is 6.06. The minimum absolute atomic E-state index is 0.171. The van der Waals surface area contributed by atoms with E-state index in [1.54, 1.807) is 0 Å². The Bertz CT molecular complexity index is 419. The zero-order valence-corrected chi connectivity index (χ0v) is 13.3. The second kappa shape index (κ2) is 6.14. The molecule has 1 aliphatic carbocycles. The van der Waals surface area contributed by atoms with Crippen molar-refractivity contribution in [3.8, 4) is 0 Å². The third-order valence-electron chi connectivity index (χ3n) is 4.71. The molecule has 2 aliphatic rings. The van der Waals surface area contributed by atoms with Gasteiger partial charge >= 0.3 is 6.09 Å². The Morgan fingerprint density at radius 1 is 1.24 bits per heavy atom. The predicted octanol–water partition coefficient (Wildman–Crippen LogP) is 4.26. The maximum absolute atomic E-state index is 12.1. The average Bonchev–Trinajstić information content (AvgIpc) is 2.41. The minimum atomic E-state index is -0.431. The van der Waals surface area contributed by atoms with Gasteiger partial charge in [-0.05, 0) is 70.2 Å². The van der Waals surface area contributed by atoms with E-state index in [2.05, 4.69) is 10.0 Å². The lowest BCUT2D eigenvalue weighted by Gasteiger charge is -2.45. The van der Waals surface area contributed by atoms with Crippen LogP contribution in [-0.4, -0.2) is 35.7 Å². The summed E-state index contributed by atoms with van der Waals surface area (Å²) >= 11 is 0. The van der Waals surface area contributed by atoms with E-state index in [1.807, 2.05) is 25.7 Å². The van der Waals surface area contributed by atoms with Crippen LogP contribution in [0.1, 0.15) is 59.3 Å². The van der Waals surface area contributed by atoms with Gasteiger partial charge in [0.25, 0.3) is 0 Å². The fraction of sp³-hybridized carbons (Fsp3) is 0.933. The SMILES string of the molecule is CC(C)(C)OC(=O)N1CCC2(CCC(N=[N+]=[N-])CC2)CC1. The topological polar surface area (TPSA) is 78.3 Å². The molecule has 0 aromatic carbocycles. The van der Waals surface area contributed by atoms with Crippen molar-refractivity contribution in [2.24, 2.45) is 10.5 Å². The molecule has 21 heavy (non-hydrogen) atoms. The van der Waals surface area contributed by atoms with E-state index in [4.69, 9.17) is 10.3 Å². The normalized spacial score (nSPS) is 22.7. The molecule has 6 heteroatoms. The lowest BCUT2D eigenvalue weighted by atomic mass is 9.67. The van der Waals surface area contributed by atoms with Crippen LogP contribution in [-0.2, 0) is 4.74 Å². The smallest absolute Gasteiger partial charge is 0.410 e. The van der Waals surface area contributed by atoms with Gasteiger partial charge in [0, 0.05) is 24.0 Å². The number of amides is 1. The second-order valence-electron chi connectivity index (χ2n) is 7.40. The van der Waals surface area contributed by atoms with Crippen molar-refractivity contribution in [2.45, 2.75) is 70.9 Å². The minimum Gasteiger partial charge on any atom is -0.444 e. The molecule has 0 N–H and O–H groups in total. The van der Waals surface area contributed by atoms with Gasteiger partial charge in [-0.15, -0.1) is 0 Å². The monoisotopic (exact) mass is 294 g/mol. The van der Waals surface area contributed by atoms with Gasteiger partial charge < -0.3 is 9.64 Å². The molecule has 2 rings (SSSR count). The second-order valence-corrected chi connectivity index (χ2v) is 7.40. The summed E-state index contributed by atoms with van der Waals surface area (Å²) in [4.78, 5) is 16.8. The fourth-order valence-electron chi connectivity index (χ4n) is 3.39. The van der Waals surface area contributed by atoms with Crippen LogP contribution in [0.25, 0.3) is 10.4 Å². The van der Waals surface area contributed by atoms with Gasteiger partial charge in [0.15, 0.2) is 0 Å².